The van der Waals surface area contributed by atoms with Crippen molar-refractivity contribution in [3.8, 4) is 5.69 Å². The number of benzene rings is 3. The number of halogens is 1. The lowest BCUT2D eigenvalue weighted by Crippen LogP contribution is -2.33. The predicted octanol–water partition coefficient (Wildman–Crippen LogP) is 5.18. The second-order valence-corrected chi connectivity index (χ2v) is 8.77. The van der Waals surface area contributed by atoms with Gasteiger partial charge in [-0.1, -0.05) is 59.8 Å². The van der Waals surface area contributed by atoms with Gasteiger partial charge in [0.15, 0.2) is 5.16 Å². The van der Waals surface area contributed by atoms with Gasteiger partial charge in [-0.05, 0) is 49.4 Å². The van der Waals surface area contributed by atoms with Crippen LogP contribution in [0.25, 0.3) is 16.6 Å². The summed E-state index contributed by atoms with van der Waals surface area (Å²) in [5, 5.41) is 0.940. The van der Waals surface area contributed by atoms with Crippen molar-refractivity contribution in [2.75, 3.05) is 11.9 Å². The molecule has 1 atom stereocenters. The topological polar surface area (TPSA) is 55.2 Å². The summed E-state index contributed by atoms with van der Waals surface area (Å²) in [5.41, 5.74) is 1.80. The summed E-state index contributed by atoms with van der Waals surface area (Å²) in [6.45, 7) is 1.82. The second kappa shape index (κ2) is 8.96. The number of hydrogen-bond donors (Lipinski definition) is 0. The summed E-state index contributed by atoms with van der Waals surface area (Å²) < 4.78 is 1.55. The maximum Gasteiger partial charge on any atom is 0.266 e. The lowest BCUT2D eigenvalue weighted by atomic mass is 10.2. The lowest BCUT2D eigenvalue weighted by Gasteiger charge is -2.22. The first kappa shape index (κ1) is 21.2. The molecular weight excluding hydrogens is 430 g/mol. The zero-order valence-corrected chi connectivity index (χ0v) is 18.6. The first-order valence-corrected chi connectivity index (χ1v) is 11.0. The fourth-order valence-corrected chi connectivity index (χ4v) is 4.47. The van der Waals surface area contributed by atoms with E-state index in [4.69, 9.17) is 16.6 Å². The normalized spacial score (nSPS) is 12.0. The molecule has 1 aromatic heterocycles. The number of aromatic nitrogens is 2. The Morgan fingerprint density at radius 1 is 1.03 bits per heavy atom. The van der Waals surface area contributed by atoms with Crippen LogP contribution in [0.3, 0.4) is 0 Å². The Morgan fingerprint density at radius 2 is 1.68 bits per heavy atom. The van der Waals surface area contributed by atoms with Gasteiger partial charge in [-0.15, -0.1) is 0 Å². The van der Waals surface area contributed by atoms with Gasteiger partial charge in [0.25, 0.3) is 5.56 Å². The van der Waals surface area contributed by atoms with Crippen LogP contribution in [-0.2, 0) is 4.79 Å². The highest BCUT2D eigenvalue weighted by Crippen LogP contribution is 2.27. The summed E-state index contributed by atoms with van der Waals surface area (Å²) in [5.74, 6) is -0.0868. The number of hydrogen-bond acceptors (Lipinski definition) is 4. The zero-order valence-electron chi connectivity index (χ0n) is 17.0. The Hall–Kier alpha value is -3.09. The highest BCUT2D eigenvalue weighted by atomic mass is 35.5. The molecule has 3 aromatic carbocycles. The molecule has 5 nitrogen and oxygen atoms in total. The average molecular weight is 450 g/mol. The van der Waals surface area contributed by atoms with E-state index in [0.717, 1.165) is 5.69 Å². The fourth-order valence-electron chi connectivity index (χ4n) is 3.28. The molecule has 4 aromatic rings. The molecule has 0 aliphatic carbocycles. The molecule has 0 spiro atoms. The van der Waals surface area contributed by atoms with Crippen molar-refractivity contribution in [2.45, 2.75) is 17.3 Å². The summed E-state index contributed by atoms with van der Waals surface area (Å²) in [4.78, 5) is 32.7. The smallest absolute Gasteiger partial charge is 0.266 e. The van der Waals surface area contributed by atoms with Gasteiger partial charge in [0.1, 0.15) is 0 Å². The number of thioether (sulfide) groups is 1. The second-order valence-electron chi connectivity index (χ2n) is 7.02. The van der Waals surface area contributed by atoms with Crippen molar-refractivity contribution in [2.24, 2.45) is 0 Å². The molecule has 0 saturated heterocycles. The molecule has 7 heteroatoms. The number of nitrogens with zero attached hydrogens (tertiary/aromatic N) is 3. The van der Waals surface area contributed by atoms with Crippen LogP contribution in [0.15, 0.2) is 88.8 Å². The molecule has 0 radical (unpaired) electrons. The van der Waals surface area contributed by atoms with Crippen LogP contribution in [0.1, 0.15) is 6.92 Å². The van der Waals surface area contributed by atoms with E-state index < -0.39 is 5.25 Å². The van der Waals surface area contributed by atoms with E-state index in [1.165, 1.54) is 11.8 Å². The van der Waals surface area contributed by atoms with Gasteiger partial charge in [0.05, 0.1) is 21.8 Å². The Labute approximate surface area is 189 Å². The number of para-hydroxylation sites is 2. The minimum Gasteiger partial charge on any atom is -0.315 e. The van der Waals surface area contributed by atoms with Gasteiger partial charge < -0.3 is 4.90 Å². The van der Waals surface area contributed by atoms with Crippen LogP contribution in [0, 0.1) is 0 Å². The van der Waals surface area contributed by atoms with Gasteiger partial charge in [-0.25, -0.2) is 4.98 Å². The van der Waals surface area contributed by atoms with Gasteiger partial charge in [-0.3, -0.25) is 14.2 Å². The van der Waals surface area contributed by atoms with Crippen LogP contribution in [0.2, 0.25) is 5.02 Å². The van der Waals surface area contributed by atoms with Crippen LogP contribution in [0.4, 0.5) is 5.69 Å². The van der Waals surface area contributed by atoms with Crippen molar-refractivity contribution < 1.29 is 4.79 Å². The van der Waals surface area contributed by atoms with Crippen molar-refractivity contribution in [3.63, 3.8) is 0 Å². The number of amides is 1. The summed E-state index contributed by atoms with van der Waals surface area (Å²) >= 11 is 7.38. The summed E-state index contributed by atoms with van der Waals surface area (Å²) in [7, 11) is 1.74. The number of fused-ring (bicyclic) bond motifs is 1. The SMILES string of the molecule is C[C@@H](Sc1nc2cc(Cl)ccc2c(=O)n1-c1ccccc1)C(=O)N(C)c1ccccc1. The van der Waals surface area contributed by atoms with E-state index in [2.05, 4.69) is 0 Å². The molecule has 31 heavy (non-hydrogen) atoms. The maximum atomic E-state index is 13.3. The third kappa shape index (κ3) is 4.36. The minimum absolute atomic E-state index is 0.0868. The standard InChI is InChI=1S/C24H20ClN3O2S/c1-16(22(29)27(2)18-9-5-3-6-10-18)31-24-26-21-15-17(25)13-14-20(21)23(30)28(24)19-11-7-4-8-12-19/h3-16H,1-2H3/t16-/m1/s1. The average Bonchev–Trinajstić information content (AvgIpc) is 2.79. The van der Waals surface area contributed by atoms with E-state index in [9.17, 15) is 9.59 Å². The van der Waals surface area contributed by atoms with Crippen LogP contribution in [0.5, 0.6) is 0 Å². The number of rotatable bonds is 5. The Bertz CT molecular complexity index is 1290. The Kier molecular flexibility index (Phi) is 6.11. The number of carbonyl (C=O) groups excluding carboxylic acids is 1. The van der Waals surface area contributed by atoms with Crippen molar-refractivity contribution in [1.82, 2.24) is 9.55 Å². The molecule has 1 amide bonds. The molecular formula is C24H20ClN3O2S. The number of anilines is 1. The van der Waals surface area contributed by atoms with Crippen LogP contribution < -0.4 is 10.5 Å². The quantitative estimate of drug-likeness (QED) is 0.311. The molecule has 0 aliphatic heterocycles. The molecule has 0 bridgehead atoms. The van der Waals surface area contributed by atoms with Gasteiger partial charge >= 0.3 is 0 Å². The van der Waals surface area contributed by atoms with Gasteiger partial charge in [-0.2, -0.15) is 0 Å². The minimum atomic E-state index is -0.469. The highest BCUT2D eigenvalue weighted by molar-refractivity contribution is 8.00. The van der Waals surface area contributed by atoms with E-state index in [-0.39, 0.29) is 11.5 Å². The molecule has 0 fully saturated rings. The molecule has 0 saturated carbocycles. The molecule has 0 aliphatic rings. The third-order valence-electron chi connectivity index (χ3n) is 4.92. The summed E-state index contributed by atoms with van der Waals surface area (Å²) in [6.07, 6.45) is 0. The molecule has 1 heterocycles. The maximum absolute atomic E-state index is 13.3. The first-order valence-electron chi connectivity index (χ1n) is 9.72. The largest absolute Gasteiger partial charge is 0.315 e. The Balaban J connectivity index is 1.77. The van der Waals surface area contributed by atoms with Crippen LogP contribution >= 0.6 is 23.4 Å². The Morgan fingerprint density at radius 3 is 2.35 bits per heavy atom. The molecule has 156 valence electrons. The predicted molar refractivity (Wildman–Crippen MR) is 128 cm³/mol. The van der Waals surface area contributed by atoms with E-state index in [1.54, 1.807) is 34.7 Å². The molecule has 0 unspecified atom stereocenters. The lowest BCUT2D eigenvalue weighted by molar-refractivity contribution is -0.117. The van der Waals surface area contributed by atoms with Crippen molar-refractivity contribution in [3.05, 3.63) is 94.2 Å². The molecule has 4 rings (SSSR count). The first-order chi connectivity index (χ1) is 15.0. The fraction of sp³-hybridized carbons (Fsp3) is 0.125. The van der Waals surface area contributed by atoms with Crippen LogP contribution in [-0.4, -0.2) is 27.8 Å². The van der Waals surface area contributed by atoms with Crippen molar-refractivity contribution in [1.29, 1.82) is 0 Å². The number of carbonyl (C=O) groups is 1. The third-order valence-corrected chi connectivity index (χ3v) is 6.19. The van der Waals surface area contributed by atoms with Crippen molar-refractivity contribution >= 4 is 45.9 Å². The van der Waals surface area contributed by atoms with E-state index in [1.807, 2.05) is 67.6 Å². The monoisotopic (exact) mass is 449 g/mol. The molecule has 0 N–H and O–H groups in total. The highest BCUT2D eigenvalue weighted by Gasteiger charge is 2.23. The van der Waals surface area contributed by atoms with E-state index >= 15 is 0 Å². The summed E-state index contributed by atoms with van der Waals surface area (Å²) in [6, 6.07) is 23.8. The van der Waals surface area contributed by atoms with Gasteiger partial charge in [0.2, 0.25) is 5.91 Å². The van der Waals surface area contributed by atoms with Gasteiger partial charge in [0, 0.05) is 17.8 Å². The van der Waals surface area contributed by atoms with E-state index in [0.29, 0.717) is 26.8 Å². The zero-order chi connectivity index (χ0) is 22.0.